The standard InChI is InChI=1S/C10H8ClN3O2S/c1-16-7-3-2-6(17-7)10-13-5(4-15)8(11)9(12)14-10/h2-4H,1H3,(H2,12,13,14). The van der Waals surface area contributed by atoms with Crippen molar-refractivity contribution in [2.45, 2.75) is 0 Å². The van der Waals surface area contributed by atoms with Gasteiger partial charge in [0.25, 0.3) is 0 Å². The van der Waals surface area contributed by atoms with Crippen LogP contribution in [0.4, 0.5) is 5.82 Å². The lowest BCUT2D eigenvalue weighted by atomic mass is 10.3. The lowest BCUT2D eigenvalue weighted by Crippen LogP contribution is -2.01. The van der Waals surface area contributed by atoms with Gasteiger partial charge in [0.1, 0.15) is 16.5 Å². The van der Waals surface area contributed by atoms with Crippen LogP contribution in [0, 0.1) is 0 Å². The number of methoxy groups -OCH3 is 1. The van der Waals surface area contributed by atoms with E-state index in [4.69, 9.17) is 22.1 Å². The zero-order chi connectivity index (χ0) is 12.4. The van der Waals surface area contributed by atoms with Gasteiger partial charge in [-0.1, -0.05) is 22.9 Å². The third-order valence-corrected chi connectivity index (χ3v) is 3.45. The van der Waals surface area contributed by atoms with Crippen molar-refractivity contribution >= 4 is 35.0 Å². The minimum atomic E-state index is 0.0762. The molecule has 0 atom stereocenters. The molecule has 0 aliphatic heterocycles. The summed E-state index contributed by atoms with van der Waals surface area (Å²) in [4.78, 5) is 19.6. The second-order valence-electron chi connectivity index (χ2n) is 3.07. The highest BCUT2D eigenvalue weighted by Gasteiger charge is 2.13. The number of nitrogens with two attached hydrogens (primary N) is 1. The molecule has 2 heterocycles. The van der Waals surface area contributed by atoms with Gasteiger partial charge < -0.3 is 10.5 Å². The van der Waals surface area contributed by atoms with Crippen LogP contribution < -0.4 is 10.5 Å². The molecule has 2 aromatic heterocycles. The quantitative estimate of drug-likeness (QED) is 0.865. The average molecular weight is 270 g/mol. The molecule has 17 heavy (non-hydrogen) atoms. The maximum absolute atomic E-state index is 10.8. The van der Waals surface area contributed by atoms with Crippen molar-refractivity contribution in [1.82, 2.24) is 9.97 Å². The van der Waals surface area contributed by atoms with Crippen LogP contribution in [-0.2, 0) is 0 Å². The third kappa shape index (κ3) is 2.22. The van der Waals surface area contributed by atoms with Crippen molar-refractivity contribution in [3.05, 3.63) is 22.8 Å². The van der Waals surface area contributed by atoms with Crippen LogP contribution in [0.5, 0.6) is 5.06 Å². The minimum absolute atomic E-state index is 0.0762. The number of hydrogen-bond acceptors (Lipinski definition) is 6. The molecular weight excluding hydrogens is 262 g/mol. The third-order valence-electron chi connectivity index (χ3n) is 2.02. The van der Waals surface area contributed by atoms with Crippen LogP contribution in [0.15, 0.2) is 12.1 Å². The van der Waals surface area contributed by atoms with Crippen molar-refractivity contribution in [3.8, 4) is 15.8 Å². The fourth-order valence-electron chi connectivity index (χ4n) is 1.22. The largest absolute Gasteiger partial charge is 0.487 e. The van der Waals surface area contributed by atoms with Gasteiger partial charge in [-0.15, -0.1) is 0 Å². The molecule has 0 aliphatic rings. The molecule has 0 amide bonds. The Hall–Kier alpha value is -1.66. The molecule has 2 rings (SSSR count). The molecule has 0 saturated heterocycles. The predicted octanol–water partition coefficient (Wildman–Crippen LogP) is 2.26. The molecule has 0 saturated carbocycles. The Kier molecular flexibility index (Phi) is 3.26. The molecule has 0 unspecified atom stereocenters. The highest BCUT2D eigenvalue weighted by atomic mass is 35.5. The average Bonchev–Trinajstić information content (AvgIpc) is 2.81. The SMILES string of the molecule is COc1ccc(-c2nc(N)c(Cl)c(C=O)n2)s1. The highest BCUT2D eigenvalue weighted by molar-refractivity contribution is 7.17. The summed E-state index contributed by atoms with van der Waals surface area (Å²) < 4.78 is 5.06. The summed E-state index contributed by atoms with van der Waals surface area (Å²) in [5, 5.41) is 0.803. The normalized spacial score (nSPS) is 10.2. The Bertz CT molecular complexity index is 571. The van der Waals surface area contributed by atoms with Gasteiger partial charge in [-0.05, 0) is 12.1 Å². The number of thiophene rings is 1. The van der Waals surface area contributed by atoms with Crippen LogP contribution in [0.1, 0.15) is 10.5 Å². The lowest BCUT2D eigenvalue weighted by Gasteiger charge is -2.02. The van der Waals surface area contributed by atoms with Crippen molar-refractivity contribution in [1.29, 1.82) is 0 Å². The number of carbonyl (C=O) groups is 1. The van der Waals surface area contributed by atoms with Crippen molar-refractivity contribution < 1.29 is 9.53 Å². The summed E-state index contributed by atoms with van der Waals surface area (Å²) in [6.45, 7) is 0. The summed E-state index contributed by atoms with van der Waals surface area (Å²) in [7, 11) is 1.57. The van der Waals surface area contributed by atoms with Crippen LogP contribution >= 0.6 is 22.9 Å². The number of nitrogens with zero attached hydrogens (tertiary/aromatic N) is 2. The first kappa shape index (κ1) is 11.8. The number of carbonyl (C=O) groups excluding carboxylic acids is 1. The first-order valence-corrected chi connectivity index (χ1v) is 5.77. The minimum Gasteiger partial charge on any atom is -0.487 e. The van der Waals surface area contributed by atoms with E-state index in [0.29, 0.717) is 12.1 Å². The van der Waals surface area contributed by atoms with Gasteiger partial charge in [-0.2, -0.15) is 0 Å². The first-order valence-electron chi connectivity index (χ1n) is 4.58. The zero-order valence-corrected chi connectivity index (χ0v) is 10.4. The smallest absolute Gasteiger partial charge is 0.174 e. The molecule has 0 aliphatic carbocycles. The number of aromatic nitrogens is 2. The Morgan fingerprint density at radius 1 is 1.47 bits per heavy atom. The Balaban J connectivity index is 2.52. The Morgan fingerprint density at radius 3 is 2.82 bits per heavy atom. The number of hydrogen-bond donors (Lipinski definition) is 1. The van der Waals surface area contributed by atoms with Crippen molar-refractivity contribution in [2.24, 2.45) is 0 Å². The predicted molar refractivity (Wildman–Crippen MR) is 66.7 cm³/mol. The summed E-state index contributed by atoms with van der Waals surface area (Å²) in [6, 6.07) is 3.58. The van der Waals surface area contributed by atoms with Gasteiger partial charge in [-0.3, -0.25) is 4.79 Å². The number of ether oxygens (including phenoxy) is 1. The Labute approximate surface area is 106 Å². The molecule has 7 heteroatoms. The second-order valence-corrected chi connectivity index (χ2v) is 4.50. The van der Waals surface area contributed by atoms with Gasteiger partial charge in [0.05, 0.1) is 12.0 Å². The van der Waals surface area contributed by atoms with E-state index in [9.17, 15) is 4.79 Å². The molecule has 0 aromatic carbocycles. The van der Waals surface area contributed by atoms with E-state index in [1.807, 2.05) is 0 Å². The molecule has 2 aromatic rings. The molecule has 0 fully saturated rings. The number of rotatable bonds is 3. The van der Waals surface area contributed by atoms with Gasteiger partial charge in [-0.25, -0.2) is 9.97 Å². The highest BCUT2D eigenvalue weighted by Crippen LogP contribution is 2.32. The summed E-state index contributed by atoms with van der Waals surface area (Å²) in [5.41, 5.74) is 5.69. The van der Waals surface area contributed by atoms with E-state index < -0.39 is 0 Å². The lowest BCUT2D eigenvalue weighted by molar-refractivity contribution is 0.111. The van der Waals surface area contributed by atoms with Crippen LogP contribution in [-0.4, -0.2) is 23.4 Å². The fraction of sp³-hybridized carbons (Fsp3) is 0.100. The van der Waals surface area contributed by atoms with Gasteiger partial charge >= 0.3 is 0 Å². The number of halogens is 1. The van der Waals surface area contributed by atoms with E-state index in [1.54, 1.807) is 19.2 Å². The van der Waals surface area contributed by atoms with E-state index >= 15 is 0 Å². The second kappa shape index (κ2) is 4.68. The molecule has 0 spiro atoms. The van der Waals surface area contributed by atoms with Gasteiger partial charge in [0, 0.05) is 0 Å². The number of anilines is 1. The zero-order valence-electron chi connectivity index (χ0n) is 8.81. The molecule has 2 N–H and O–H groups in total. The van der Waals surface area contributed by atoms with Crippen LogP contribution in [0.25, 0.3) is 10.7 Å². The Morgan fingerprint density at radius 2 is 2.24 bits per heavy atom. The first-order chi connectivity index (χ1) is 8.15. The summed E-state index contributed by atoms with van der Waals surface area (Å²) in [5.74, 6) is 0.452. The van der Waals surface area contributed by atoms with E-state index in [-0.39, 0.29) is 16.5 Å². The summed E-state index contributed by atoms with van der Waals surface area (Å²) >= 11 is 7.14. The fourth-order valence-corrected chi connectivity index (χ4v) is 2.10. The monoisotopic (exact) mass is 269 g/mol. The van der Waals surface area contributed by atoms with Crippen LogP contribution in [0.2, 0.25) is 5.02 Å². The molecule has 0 radical (unpaired) electrons. The van der Waals surface area contributed by atoms with Crippen LogP contribution in [0.3, 0.4) is 0 Å². The van der Waals surface area contributed by atoms with E-state index in [2.05, 4.69) is 9.97 Å². The van der Waals surface area contributed by atoms with Crippen molar-refractivity contribution in [2.75, 3.05) is 12.8 Å². The molecular formula is C10H8ClN3O2S. The van der Waals surface area contributed by atoms with E-state index in [0.717, 1.165) is 9.94 Å². The molecule has 5 nitrogen and oxygen atoms in total. The maximum atomic E-state index is 10.8. The van der Waals surface area contributed by atoms with Gasteiger partial charge in [0.15, 0.2) is 17.2 Å². The molecule has 0 bridgehead atoms. The molecule has 88 valence electrons. The number of aldehydes is 1. The maximum Gasteiger partial charge on any atom is 0.174 e. The van der Waals surface area contributed by atoms with Gasteiger partial charge in [0.2, 0.25) is 0 Å². The van der Waals surface area contributed by atoms with Crippen molar-refractivity contribution in [3.63, 3.8) is 0 Å². The topological polar surface area (TPSA) is 78.1 Å². The number of nitrogen functional groups attached to an aromatic ring is 1. The van der Waals surface area contributed by atoms with E-state index in [1.165, 1.54) is 11.3 Å². The summed E-state index contributed by atoms with van der Waals surface area (Å²) in [6.07, 6.45) is 0.550.